The molecule has 0 spiro atoms. The van der Waals surface area contributed by atoms with E-state index >= 15 is 0 Å². The van der Waals surface area contributed by atoms with Crippen molar-refractivity contribution >= 4 is 18.0 Å². The summed E-state index contributed by atoms with van der Waals surface area (Å²) in [5.74, 6) is 2.32. The van der Waals surface area contributed by atoms with E-state index in [1.807, 2.05) is 24.3 Å². The summed E-state index contributed by atoms with van der Waals surface area (Å²) >= 11 is 0. The minimum atomic E-state index is -0.970. The molecule has 0 radical (unpaired) electrons. The topological polar surface area (TPSA) is 72.8 Å². The number of aromatic carboxylic acids is 1. The summed E-state index contributed by atoms with van der Waals surface area (Å²) in [5, 5.41) is 9.34. The highest BCUT2D eigenvalue weighted by Crippen LogP contribution is 2.62. The Morgan fingerprint density at radius 3 is 2.33 bits per heavy atom. The average Bonchev–Trinajstić information content (AvgIpc) is 2.77. The summed E-state index contributed by atoms with van der Waals surface area (Å²) in [6.07, 6.45) is 11.2. The van der Waals surface area contributed by atoms with Crippen LogP contribution in [0.2, 0.25) is 0 Å². The highest BCUT2D eigenvalue weighted by atomic mass is 16.5. The van der Waals surface area contributed by atoms with Gasteiger partial charge in [0.05, 0.1) is 5.56 Å². The molecule has 7 rings (SSSR count). The van der Waals surface area contributed by atoms with Crippen LogP contribution in [0.25, 0.3) is 6.08 Å². The molecule has 2 aromatic carbocycles. The van der Waals surface area contributed by atoms with Crippen molar-refractivity contribution in [3.8, 4) is 11.5 Å². The van der Waals surface area contributed by atoms with Crippen LogP contribution in [-0.4, -0.2) is 17.0 Å². The maximum Gasteiger partial charge on any atom is 0.335 e. The molecule has 4 bridgehead atoms. The summed E-state index contributed by atoms with van der Waals surface area (Å²) in [5.41, 5.74) is 3.30. The lowest BCUT2D eigenvalue weighted by atomic mass is 9.48. The van der Waals surface area contributed by atoms with Gasteiger partial charge in [-0.15, -0.1) is 0 Å². The Morgan fingerprint density at radius 1 is 1.00 bits per heavy atom. The largest absolute Gasteiger partial charge is 0.481 e. The minimum absolute atomic E-state index is 0.0717. The molecule has 4 fully saturated rings. The van der Waals surface area contributed by atoms with Crippen LogP contribution in [0.3, 0.4) is 0 Å². The fourth-order valence-electron chi connectivity index (χ4n) is 7.28. The van der Waals surface area contributed by atoms with Crippen LogP contribution in [0.1, 0.15) is 78.6 Å². The third kappa shape index (κ3) is 3.54. The van der Waals surface area contributed by atoms with Crippen molar-refractivity contribution in [1.29, 1.82) is 0 Å². The fraction of sp³-hybridized carbons (Fsp3) is 0.429. The molecule has 5 aliphatic rings. The summed E-state index contributed by atoms with van der Waals surface area (Å²) < 4.78 is 12.0. The number of carbonyl (C=O) groups excluding carboxylic acids is 1. The second-order valence-corrected chi connectivity index (χ2v) is 10.5. The maximum atomic E-state index is 11.9. The van der Waals surface area contributed by atoms with Crippen LogP contribution in [0.4, 0.5) is 0 Å². The highest BCUT2D eigenvalue weighted by Gasteiger charge is 2.52. The van der Waals surface area contributed by atoms with E-state index in [-0.39, 0.29) is 23.1 Å². The van der Waals surface area contributed by atoms with Crippen LogP contribution in [0, 0.1) is 17.8 Å². The fourth-order valence-corrected chi connectivity index (χ4v) is 7.28. The van der Waals surface area contributed by atoms with Crippen molar-refractivity contribution in [2.45, 2.75) is 57.0 Å². The molecule has 1 atom stereocenters. The molecule has 4 saturated carbocycles. The van der Waals surface area contributed by atoms with Crippen LogP contribution in [0.15, 0.2) is 42.5 Å². The van der Waals surface area contributed by atoms with Gasteiger partial charge in [0, 0.05) is 18.1 Å². The quantitative estimate of drug-likeness (QED) is 0.468. The lowest BCUT2D eigenvalue weighted by Crippen LogP contribution is -2.48. The SMILES string of the molecule is CC(=O)Oc1ccc(C2C=Cc3ccc(C(=O)O)cc3O2)cc1C12CC3CC(CC(C3)C1)C2. The summed E-state index contributed by atoms with van der Waals surface area (Å²) in [6, 6.07) is 11.0. The number of carboxylic acids is 1. The number of hydrogen-bond donors (Lipinski definition) is 1. The monoisotopic (exact) mass is 444 g/mol. The first-order chi connectivity index (χ1) is 15.9. The van der Waals surface area contributed by atoms with Crippen molar-refractivity contribution < 1.29 is 24.2 Å². The highest BCUT2D eigenvalue weighted by molar-refractivity contribution is 5.88. The first kappa shape index (κ1) is 20.5. The Bertz CT molecular complexity index is 1140. The molecule has 2 aromatic rings. The first-order valence-electron chi connectivity index (χ1n) is 11.9. The van der Waals surface area contributed by atoms with Gasteiger partial charge in [0.15, 0.2) is 0 Å². The van der Waals surface area contributed by atoms with Crippen molar-refractivity contribution in [2.24, 2.45) is 17.8 Å². The van der Waals surface area contributed by atoms with Gasteiger partial charge < -0.3 is 14.6 Å². The number of rotatable bonds is 4. The molecule has 5 nitrogen and oxygen atoms in total. The third-order valence-electron chi connectivity index (χ3n) is 8.16. The number of fused-ring (bicyclic) bond motifs is 1. The molecule has 1 unspecified atom stereocenters. The van der Waals surface area contributed by atoms with Crippen molar-refractivity contribution in [2.75, 3.05) is 0 Å². The predicted molar refractivity (Wildman–Crippen MR) is 123 cm³/mol. The maximum absolute atomic E-state index is 11.9. The van der Waals surface area contributed by atoms with E-state index in [0.717, 1.165) is 34.4 Å². The number of carboxylic acid groups (broad SMARTS) is 1. The van der Waals surface area contributed by atoms with Gasteiger partial charge in [-0.2, -0.15) is 0 Å². The Hall–Kier alpha value is -3.08. The third-order valence-corrected chi connectivity index (χ3v) is 8.16. The average molecular weight is 445 g/mol. The van der Waals surface area contributed by atoms with E-state index in [4.69, 9.17) is 9.47 Å². The number of benzene rings is 2. The van der Waals surface area contributed by atoms with E-state index in [1.165, 1.54) is 45.4 Å². The first-order valence-corrected chi connectivity index (χ1v) is 11.9. The molecule has 1 heterocycles. The zero-order chi connectivity index (χ0) is 22.7. The van der Waals surface area contributed by atoms with Crippen LogP contribution >= 0.6 is 0 Å². The van der Waals surface area contributed by atoms with E-state index in [0.29, 0.717) is 11.5 Å². The molecule has 0 amide bonds. The number of ether oxygens (including phenoxy) is 2. The Labute approximate surface area is 193 Å². The molecule has 0 aromatic heterocycles. The lowest BCUT2D eigenvalue weighted by Gasteiger charge is -2.57. The molecule has 33 heavy (non-hydrogen) atoms. The molecule has 5 heteroatoms. The summed E-state index contributed by atoms with van der Waals surface area (Å²) in [7, 11) is 0. The van der Waals surface area contributed by atoms with E-state index in [9.17, 15) is 14.7 Å². The van der Waals surface area contributed by atoms with Crippen LogP contribution in [-0.2, 0) is 10.2 Å². The van der Waals surface area contributed by atoms with Crippen molar-refractivity contribution in [1.82, 2.24) is 0 Å². The second kappa shape index (κ2) is 7.47. The summed E-state index contributed by atoms with van der Waals surface area (Å²) in [4.78, 5) is 23.3. The second-order valence-electron chi connectivity index (χ2n) is 10.5. The van der Waals surface area contributed by atoms with Gasteiger partial charge in [0.2, 0.25) is 0 Å². The molecular weight excluding hydrogens is 416 g/mol. The van der Waals surface area contributed by atoms with Gasteiger partial charge in [-0.3, -0.25) is 4.79 Å². The van der Waals surface area contributed by atoms with Gasteiger partial charge in [-0.05, 0) is 97.6 Å². The smallest absolute Gasteiger partial charge is 0.335 e. The Kier molecular flexibility index (Phi) is 4.65. The van der Waals surface area contributed by atoms with Crippen molar-refractivity contribution in [3.05, 3.63) is 64.7 Å². The molecule has 170 valence electrons. The minimum Gasteiger partial charge on any atom is -0.481 e. The molecule has 4 aliphatic carbocycles. The lowest BCUT2D eigenvalue weighted by molar-refractivity contribution is -0.132. The van der Waals surface area contributed by atoms with E-state index < -0.39 is 5.97 Å². The normalized spacial score (nSPS) is 31.1. The van der Waals surface area contributed by atoms with Crippen LogP contribution < -0.4 is 9.47 Å². The van der Waals surface area contributed by atoms with E-state index in [2.05, 4.69) is 6.07 Å². The van der Waals surface area contributed by atoms with Crippen molar-refractivity contribution in [3.63, 3.8) is 0 Å². The Morgan fingerprint density at radius 2 is 1.70 bits per heavy atom. The number of hydrogen-bond acceptors (Lipinski definition) is 4. The van der Waals surface area contributed by atoms with Gasteiger partial charge in [0.25, 0.3) is 0 Å². The zero-order valence-electron chi connectivity index (χ0n) is 18.8. The van der Waals surface area contributed by atoms with E-state index in [1.54, 1.807) is 18.2 Å². The molecular formula is C28H28O5. The van der Waals surface area contributed by atoms with Crippen LogP contribution in [0.5, 0.6) is 11.5 Å². The Balaban J connectivity index is 1.38. The van der Waals surface area contributed by atoms with Gasteiger partial charge >= 0.3 is 11.9 Å². The number of esters is 1. The zero-order valence-corrected chi connectivity index (χ0v) is 18.8. The van der Waals surface area contributed by atoms with Gasteiger partial charge in [0.1, 0.15) is 17.6 Å². The predicted octanol–water partition coefficient (Wildman–Crippen LogP) is 5.92. The molecule has 1 aliphatic heterocycles. The molecule has 0 saturated heterocycles. The van der Waals surface area contributed by atoms with Gasteiger partial charge in [-0.1, -0.05) is 18.2 Å². The standard InChI is InChI=1S/C28H28O5/c1-16(29)32-25-7-5-21(24-6-4-20-2-3-22(27(30)31)12-26(20)33-24)11-23(25)28-13-17-8-18(14-28)10-19(9-17)15-28/h2-7,11-12,17-19,24H,8-10,13-15H2,1H3,(H,30,31). The molecule has 1 N–H and O–H groups in total. The van der Waals surface area contributed by atoms with Gasteiger partial charge in [-0.25, -0.2) is 4.79 Å². The number of carbonyl (C=O) groups is 2. The summed E-state index contributed by atoms with van der Waals surface area (Å²) in [6.45, 7) is 1.46.